The summed E-state index contributed by atoms with van der Waals surface area (Å²) in [5.74, 6) is 0.328. The molecule has 2 rings (SSSR count). The van der Waals surface area contributed by atoms with E-state index in [1.54, 1.807) is 12.1 Å². The van der Waals surface area contributed by atoms with Crippen molar-refractivity contribution in [2.75, 3.05) is 25.0 Å². The Morgan fingerprint density at radius 2 is 2.30 bits per heavy atom. The second kappa shape index (κ2) is 7.09. The summed E-state index contributed by atoms with van der Waals surface area (Å²) in [7, 11) is 0. The predicted molar refractivity (Wildman–Crippen MR) is 78.4 cm³/mol. The van der Waals surface area contributed by atoms with Crippen LogP contribution in [0.1, 0.15) is 26.2 Å². The Kier molecular flexibility index (Phi) is 5.17. The van der Waals surface area contributed by atoms with E-state index in [0.29, 0.717) is 18.4 Å². The number of nitrogens with one attached hydrogen (secondary N) is 2. The van der Waals surface area contributed by atoms with Crippen LogP contribution in [0.15, 0.2) is 18.2 Å². The first-order chi connectivity index (χ1) is 9.70. The van der Waals surface area contributed by atoms with E-state index in [1.807, 2.05) is 6.92 Å². The standard InChI is InChI=1S/C14H21N3O3/c1-2-20-14-10-12(5-6-13(14)17(18)19)16-11-4-3-8-15-9-7-11/h5-6,10-11,15-16H,2-4,7-9H2,1H3. The van der Waals surface area contributed by atoms with Gasteiger partial charge in [0.1, 0.15) is 0 Å². The van der Waals surface area contributed by atoms with E-state index in [0.717, 1.165) is 38.0 Å². The van der Waals surface area contributed by atoms with Crippen molar-refractivity contribution in [2.24, 2.45) is 0 Å². The van der Waals surface area contributed by atoms with Crippen LogP contribution in [0, 0.1) is 10.1 Å². The fourth-order valence-electron chi connectivity index (χ4n) is 2.42. The van der Waals surface area contributed by atoms with Gasteiger partial charge in [0.15, 0.2) is 5.75 Å². The van der Waals surface area contributed by atoms with Gasteiger partial charge in [-0.2, -0.15) is 0 Å². The molecule has 6 nitrogen and oxygen atoms in total. The van der Waals surface area contributed by atoms with Gasteiger partial charge in [-0.05, 0) is 45.3 Å². The monoisotopic (exact) mass is 279 g/mol. The normalized spacial score (nSPS) is 19.1. The average molecular weight is 279 g/mol. The largest absolute Gasteiger partial charge is 0.487 e. The smallest absolute Gasteiger partial charge is 0.311 e. The molecule has 0 saturated carbocycles. The van der Waals surface area contributed by atoms with Crippen molar-refractivity contribution < 1.29 is 9.66 Å². The van der Waals surface area contributed by atoms with Gasteiger partial charge in [-0.15, -0.1) is 0 Å². The molecule has 0 radical (unpaired) electrons. The molecule has 2 N–H and O–H groups in total. The van der Waals surface area contributed by atoms with E-state index < -0.39 is 4.92 Å². The molecule has 0 amide bonds. The van der Waals surface area contributed by atoms with Gasteiger partial charge in [0.05, 0.1) is 11.5 Å². The highest BCUT2D eigenvalue weighted by Gasteiger charge is 2.17. The zero-order valence-corrected chi connectivity index (χ0v) is 11.7. The quantitative estimate of drug-likeness (QED) is 0.640. The first kappa shape index (κ1) is 14.6. The molecule has 1 saturated heterocycles. The van der Waals surface area contributed by atoms with E-state index in [2.05, 4.69) is 10.6 Å². The molecule has 6 heteroatoms. The van der Waals surface area contributed by atoms with Crippen molar-refractivity contribution >= 4 is 11.4 Å². The van der Waals surface area contributed by atoms with Crippen LogP contribution >= 0.6 is 0 Å². The zero-order valence-electron chi connectivity index (χ0n) is 11.7. The van der Waals surface area contributed by atoms with Crippen LogP contribution in [0.5, 0.6) is 5.75 Å². The van der Waals surface area contributed by atoms with Crippen molar-refractivity contribution in [3.8, 4) is 5.75 Å². The highest BCUT2D eigenvalue weighted by atomic mass is 16.6. The lowest BCUT2D eigenvalue weighted by Crippen LogP contribution is -2.21. The molecule has 1 unspecified atom stereocenters. The van der Waals surface area contributed by atoms with Crippen LogP contribution in [0.25, 0.3) is 0 Å². The summed E-state index contributed by atoms with van der Waals surface area (Å²) in [6.07, 6.45) is 3.30. The van der Waals surface area contributed by atoms with Crippen LogP contribution < -0.4 is 15.4 Å². The van der Waals surface area contributed by atoms with Crippen LogP contribution in [-0.4, -0.2) is 30.7 Å². The molecular formula is C14H21N3O3. The van der Waals surface area contributed by atoms with Crippen LogP contribution in [0.4, 0.5) is 11.4 Å². The van der Waals surface area contributed by atoms with E-state index in [4.69, 9.17) is 4.74 Å². The van der Waals surface area contributed by atoms with E-state index in [1.165, 1.54) is 6.07 Å². The number of rotatable bonds is 5. The maximum atomic E-state index is 10.9. The molecule has 1 atom stereocenters. The highest BCUT2D eigenvalue weighted by Crippen LogP contribution is 2.30. The minimum Gasteiger partial charge on any atom is -0.487 e. The van der Waals surface area contributed by atoms with Gasteiger partial charge in [-0.25, -0.2) is 0 Å². The third-order valence-corrected chi connectivity index (χ3v) is 3.40. The molecule has 1 fully saturated rings. The van der Waals surface area contributed by atoms with Crippen LogP contribution in [0.3, 0.4) is 0 Å². The molecule has 0 bridgehead atoms. The minimum absolute atomic E-state index is 0.0138. The molecule has 1 aliphatic rings. The van der Waals surface area contributed by atoms with Gasteiger partial charge in [-0.3, -0.25) is 10.1 Å². The van der Waals surface area contributed by atoms with E-state index in [-0.39, 0.29) is 5.69 Å². The topological polar surface area (TPSA) is 76.4 Å². The average Bonchev–Trinajstić information content (AvgIpc) is 2.68. The van der Waals surface area contributed by atoms with Crippen molar-refractivity contribution in [3.63, 3.8) is 0 Å². The van der Waals surface area contributed by atoms with Gasteiger partial charge < -0.3 is 15.4 Å². The Labute approximate surface area is 118 Å². The summed E-state index contributed by atoms with van der Waals surface area (Å²) >= 11 is 0. The summed E-state index contributed by atoms with van der Waals surface area (Å²) in [5.41, 5.74) is 0.894. The number of nitro benzene ring substituents is 1. The molecule has 1 aromatic rings. The summed E-state index contributed by atoms with van der Waals surface area (Å²) in [6.45, 7) is 4.30. The van der Waals surface area contributed by atoms with Crippen LogP contribution in [0.2, 0.25) is 0 Å². The molecule has 1 aromatic carbocycles. The fraction of sp³-hybridized carbons (Fsp3) is 0.571. The van der Waals surface area contributed by atoms with Crippen molar-refractivity contribution in [2.45, 2.75) is 32.2 Å². The lowest BCUT2D eigenvalue weighted by molar-refractivity contribution is -0.385. The Balaban J connectivity index is 2.11. The number of nitrogens with zero attached hydrogens (tertiary/aromatic N) is 1. The Bertz CT molecular complexity index is 457. The zero-order chi connectivity index (χ0) is 14.4. The minimum atomic E-state index is -0.412. The van der Waals surface area contributed by atoms with E-state index in [9.17, 15) is 10.1 Å². The highest BCUT2D eigenvalue weighted by molar-refractivity contribution is 5.58. The Morgan fingerprint density at radius 3 is 3.05 bits per heavy atom. The maximum Gasteiger partial charge on any atom is 0.311 e. The third kappa shape index (κ3) is 3.84. The first-order valence-electron chi connectivity index (χ1n) is 7.09. The molecule has 0 spiro atoms. The second-order valence-electron chi connectivity index (χ2n) is 4.89. The van der Waals surface area contributed by atoms with Gasteiger partial charge in [0, 0.05) is 23.9 Å². The molecule has 0 aromatic heterocycles. The van der Waals surface area contributed by atoms with E-state index >= 15 is 0 Å². The molecule has 20 heavy (non-hydrogen) atoms. The first-order valence-corrected chi connectivity index (χ1v) is 7.09. The second-order valence-corrected chi connectivity index (χ2v) is 4.89. The Morgan fingerprint density at radius 1 is 1.45 bits per heavy atom. The lowest BCUT2D eigenvalue weighted by Gasteiger charge is -2.18. The maximum absolute atomic E-state index is 10.9. The third-order valence-electron chi connectivity index (χ3n) is 3.40. The molecule has 0 aliphatic carbocycles. The van der Waals surface area contributed by atoms with Crippen molar-refractivity contribution in [1.29, 1.82) is 0 Å². The number of nitro groups is 1. The fourth-order valence-corrected chi connectivity index (χ4v) is 2.42. The summed E-state index contributed by atoms with van der Waals surface area (Å²) in [5, 5.41) is 17.7. The van der Waals surface area contributed by atoms with Gasteiger partial charge >= 0.3 is 5.69 Å². The van der Waals surface area contributed by atoms with Gasteiger partial charge in [-0.1, -0.05) is 0 Å². The number of anilines is 1. The number of ether oxygens (including phenoxy) is 1. The summed E-state index contributed by atoms with van der Waals surface area (Å²) in [6, 6.07) is 5.38. The Hall–Kier alpha value is -1.82. The van der Waals surface area contributed by atoms with Crippen molar-refractivity contribution in [1.82, 2.24) is 5.32 Å². The molecular weight excluding hydrogens is 258 g/mol. The number of hydrogen-bond acceptors (Lipinski definition) is 5. The number of hydrogen-bond donors (Lipinski definition) is 2. The van der Waals surface area contributed by atoms with Gasteiger partial charge in [0.2, 0.25) is 0 Å². The SMILES string of the molecule is CCOc1cc(NC2CCCNCC2)ccc1[N+](=O)[O-]. The summed E-state index contributed by atoms with van der Waals surface area (Å²) < 4.78 is 5.36. The van der Waals surface area contributed by atoms with Gasteiger partial charge in [0.25, 0.3) is 0 Å². The molecule has 110 valence electrons. The number of benzene rings is 1. The van der Waals surface area contributed by atoms with Crippen LogP contribution in [-0.2, 0) is 0 Å². The summed E-state index contributed by atoms with van der Waals surface area (Å²) in [4.78, 5) is 10.5. The van der Waals surface area contributed by atoms with Crippen molar-refractivity contribution in [3.05, 3.63) is 28.3 Å². The predicted octanol–water partition coefficient (Wildman–Crippen LogP) is 2.55. The molecule has 1 heterocycles. The molecule has 1 aliphatic heterocycles. The lowest BCUT2D eigenvalue weighted by atomic mass is 10.1.